The molecule has 2 N–H and O–H groups in total. The molecule has 0 radical (unpaired) electrons. The van der Waals surface area contributed by atoms with E-state index in [1.54, 1.807) is 7.05 Å². The molecule has 0 aliphatic heterocycles. The van der Waals surface area contributed by atoms with Crippen molar-refractivity contribution in [1.82, 2.24) is 10.6 Å². The van der Waals surface area contributed by atoms with Crippen molar-refractivity contribution in [1.29, 1.82) is 0 Å². The SMILES string of the molecule is CNCC(=O)NC1(c2cccc(Cl)c2)CC1.Cl. The number of amides is 1. The predicted octanol–water partition coefficient (Wildman–Crippen LogP) is 2.09. The van der Waals surface area contributed by atoms with Crippen LogP contribution in [-0.2, 0) is 10.3 Å². The Balaban J connectivity index is 0.00000144. The van der Waals surface area contributed by atoms with Gasteiger partial charge in [-0.2, -0.15) is 0 Å². The minimum atomic E-state index is -0.168. The Labute approximate surface area is 112 Å². The summed E-state index contributed by atoms with van der Waals surface area (Å²) in [4.78, 5) is 11.6. The van der Waals surface area contributed by atoms with E-state index in [4.69, 9.17) is 11.6 Å². The molecule has 0 spiro atoms. The van der Waals surface area contributed by atoms with Crippen LogP contribution in [-0.4, -0.2) is 19.5 Å². The lowest BCUT2D eigenvalue weighted by atomic mass is 10.1. The molecule has 0 bridgehead atoms. The van der Waals surface area contributed by atoms with Crippen LogP contribution in [0.2, 0.25) is 5.02 Å². The Morgan fingerprint density at radius 2 is 2.18 bits per heavy atom. The highest BCUT2D eigenvalue weighted by Crippen LogP contribution is 2.45. The largest absolute Gasteiger partial charge is 0.345 e. The fraction of sp³-hybridized carbons (Fsp3) is 0.417. The van der Waals surface area contributed by atoms with E-state index in [0.717, 1.165) is 18.4 Å². The van der Waals surface area contributed by atoms with Gasteiger partial charge in [0.15, 0.2) is 0 Å². The van der Waals surface area contributed by atoms with E-state index < -0.39 is 0 Å². The minimum Gasteiger partial charge on any atom is -0.345 e. The molecule has 1 aromatic carbocycles. The number of halogens is 2. The zero-order valence-electron chi connectivity index (χ0n) is 9.63. The second-order valence-corrected chi connectivity index (χ2v) is 4.61. The molecule has 3 nitrogen and oxygen atoms in total. The molecule has 94 valence electrons. The molecule has 17 heavy (non-hydrogen) atoms. The lowest BCUT2D eigenvalue weighted by Gasteiger charge is -2.18. The third-order valence-electron chi connectivity index (χ3n) is 2.84. The van der Waals surface area contributed by atoms with Gasteiger partial charge >= 0.3 is 0 Å². The topological polar surface area (TPSA) is 41.1 Å². The Morgan fingerprint density at radius 1 is 1.47 bits per heavy atom. The highest BCUT2D eigenvalue weighted by atomic mass is 35.5. The molecule has 1 fully saturated rings. The summed E-state index contributed by atoms with van der Waals surface area (Å²) in [5.41, 5.74) is 0.934. The fourth-order valence-electron chi connectivity index (χ4n) is 1.87. The first kappa shape index (κ1) is 14.3. The number of likely N-dealkylation sites (N-methyl/N-ethyl adjacent to an activating group) is 1. The van der Waals surface area contributed by atoms with Gasteiger partial charge in [0.2, 0.25) is 5.91 Å². The number of rotatable bonds is 4. The summed E-state index contributed by atoms with van der Waals surface area (Å²) in [5.74, 6) is 0.0278. The van der Waals surface area contributed by atoms with Gasteiger partial charge in [-0.3, -0.25) is 4.79 Å². The van der Waals surface area contributed by atoms with Crippen LogP contribution in [0, 0.1) is 0 Å². The smallest absolute Gasteiger partial charge is 0.234 e. The van der Waals surface area contributed by atoms with Crippen LogP contribution in [0.1, 0.15) is 18.4 Å². The second kappa shape index (κ2) is 5.71. The van der Waals surface area contributed by atoms with E-state index in [1.807, 2.05) is 24.3 Å². The normalized spacial score (nSPS) is 15.9. The van der Waals surface area contributed by atoms with Gasteiger partial charge < -0.3 is 10.6 Å². The summed E-state index contributed by atoms with van der Waals surface area (Å²) in [6, 6.07) is 7.70. The summed E-state index contributed by atoms with van der Waals surface area (Å²) in [6.07, 6.45) is 1.98. The van der Waals surface area contributed by atoms with Gasteiger partial charge in [0.1, 0.15) is 0 Å². The zero-order chi connectivity index (χ0) is 11.6. The van der Waals surface area contributed by atoms with E-state index >= 15 is 0 Å². The quantitative estimate of drug-likeness (QED) is 0.883. The Kier molecular flexibility index (Phi) is 4.80. The molecular weight excluding hydrogens is 259 g/mol. The first-order chi connectivity index (χ1) is 7.66. The van der Waals surface area contributed by atoms with Crippen molar-refractivity contribution in [3.63, 3.8) is 0 Å². The number of nitrogens with one attached hydrogen (secondary N) is 2. The van der Waals surface area contributed by atoms with Crippen molar-refractivity contribution < 1.29 is 4.79 Å². The number of carbonyl (C=O) groups excluding carboxylic acids is 1. The van der Waals surface area contributed by atoms with Crippen LogP contribution < -0.4 is 10.6 Å². The van der Waals surface area contributed by atoms with Gasteiger partial charge in [0.05, 0.1) is 12.1 Å². The second-order valence-electron chi connectivity index (χ2n) is 4.17. The molecule has 1 aromatic rings. The molecule has 0 aromatic heterocycles. The molecule has 1 saturated carbocycles. The molecule has 5 heteroatoms. The van der Waals surface area contributed by atoms with Gasteiger partial charge in [-0.05, 0) is 37.6 Å². The lowest BCUT2D eigenvalue weighted by Crippen LogP contribution is -2.39. The average Bonchev–Trinajstić information content (AvgIpc) is 2.99. The minimum absolute atomic E-state index is 0. The van der Waals surface area contributed by atoms with Gasteiger partial charge in [-0.15, -0.1) is 12.4 Å². The molecule has 1 aliphatic carbocycles. The third-order valence-corrected chi connectivity index (χ3v) is 3.08. The molecule has 2 rings (SSSR count). The van der Waals surface area contributed by atoms with Crippen LogP contribution in [0.5, 0.6) is 0 Å². The molecule has 0 atom stereocenters. The molecular formula is C12H16Cl2N2O. The van der Waals surface area contributed by atoms with Crippen LogP contribution in [0.3, 0.4) is 0 Å². The van der Waals surface area contributed by atoms with Crippen molar-refractivity contribution >= 4 is 29.9 Å². The molecule has 0 heterocycles. The monoisotopic (exact) mass is 274 g/mol. The van der Waals surface area contributed by atoms with Gasteiger partial charge in [0.25, 0.3) is 0 Å². The predicted molar refractivity (Wildman–Crippen MR) is 71.7 cm³/mol. The maximum Gasteiger partial charge on any atom is 0.234 e. The van der Waals surface area contributed by atoms with Crippen LogP contribution in [0.25, 0.3) is 0 Å². The number of hydrogen-bond donors (Lipinski definition) is 2. The van der Waals surface area contributed by atoms with E-state index in [0.29, 0.717) is 11.6 Å². The summed E-state index contributed by atoms with van der Waals surface area (Å²) in [6.45, 7) is 0.350. The third kappa shape index (κ3) is 3.35. The van der Waals surface area contributed by atoms with E-state index in [2.05, 4.69) is 10.6 Å². The van der Waals surface area contributed by atoms with Crippen LogP contribution in [0.4, 0.5) is 0 Å². The van der Waals surface area contributed by atoms with Crippen molar-refractivity contribution in [3.05, 3.63) is 34.9 Å². The summed E-state index contributed by atoms with van der Waals surface area (Å²) < 4.78 is 0. The Hall–Kier alpha value is -0.770. The summed E-state index contributed by atoms with van der Waals surface area (Å²) in [7, 11) is 1.76. The van der Waals surface area contributed by atoms with Crippen molar-refractivity contribution in [2.45, 2.75) is 18.4 Å². The number of carbonyl (C=O) groups is 1. The van der Waals surface area contributed by atoms with Crippen LogP contribution in [0.15, 0.2) is 24.3 Å². The van der Waals surface area contributed by atoms with Gasteiger partial charge in [-0.1, -0.05) is 23.7 Å². The van der Waals surface area contributed by atoms with E-state index in [9.17, 15) is 4.79 Å². The van der Waals surface area contributed by atoms with E-state index in [1.165, 1.54) is 0 Å². The standard InChI is InChI=1S/C12H15ClN2O.ClH/c1-14-8-11(16)15-12(5-6-12)9-3-2-4-10(13)7-9;/h2-4,7,14H,5-6,8H2,1H3,(H,15,16);1H. The first-order valence-electron chi connectivity index (χ1n) is 5.38. The Bertz CT molecular complexity index is 405. The maximum atomic E-state index is 11.6. The fourth-order valence-corrected chi connectivity index (χ4v) is 2.06. The zero-order valence-corrected chi connectivity index (χ0v) is 11.2. The highest BCUT2D eigenvalue weighted by Gasteiger charge is 2.45. The van der Waals surface area contributed by atoms with Crippen molar-refractivity contribution in [2.24, 2.45) is 0 Å². The molecule has 0 saturated heterocycles. The average molecular weight is 275 g/mol. The summed E-state index contributed by atoms with van der Waals surface area (Å²) >= 11 is 5.95. The van der Waals surface area contributed by atoms with Crippen molar-refractivity contribution in [2.75, 3.05) is 13.6 Å². The lowest BCUT2D eigenvalue weighted by molar-refractivity contribution is -0.121. The van der Waals surface area contributed by atoms with Crippen LogP contribution >= 0.6 is 24.0 Å². The highest BCUT2D eigenvalue weighted by molar-refractivity contribution is 6.30. The summed E-state index contributed by atoms with van der Waals surface area (Å²) in [5, 5.41) is 6.61. The maximum absolute atomic E-state index is 11.6. The van der Waals surface area contributed by atoms with E-state index in [-0.39, 0.29) is 23.9 Å². The number of hydrogen-bond acceptors (Lipinski definition) is 2. The molecule has 0 unspecified atom stereocenters. The first-order valence-corrected chi connectivity index (χ1v) is 5.76. The van der Waals surface area contributed by atoms with Crippen molar-refractivity contribution in [3.8, 4) is 0 Å². The number of benzene rings is 1. The van der Waals surface area contributed by atoms with Gasteiger partial charge in [0, 0.05) is 5.02 Å². The Morgan fingerprint density at radius 3 is 2.71 bits per heavy atom. The molecule has 1 aliphatic rings. The van der Waals surface area contributed by atoms with Gasteiger partial charge in [-0.25, -0.2) is 0 Å². The molecule has 1 amide bonds.